The zero-order chi connectivity index (χ0) is 12.0. The number of carbonyl (C=O) groups is 1. The molecule has 1 amide bonds. The van der Waals surface area contributed by atoms with Crippen molar-refractivity contribution in [1.82, 2.24) is 5.32 Å². The first-order chi connectivity index (χ1) is 7.61. The Morgan fingerprint density at radius 1 is 1.50 bits per heavy atom. The minimum absolute atomic E-state index is 0.00470. The molecule has 0 aliphatic heterocycles. The maximum atomic E-state index is 11.6. The van der Waals surface area contributed by atoms with Crippen LogP contribution in [-0.4, -0.2) is 11.9 Å². The summed E-state index contributed by atoms with van der Waals surface area (Å²) >= 11 is 3.35. The SMILES string of the molecule is C#CCC(C)NC(=O)Cc1ccc(Br)cc1. The first kappa shape index (κ1) is 12.8. The Kier molecular flexibility index (Phi) is 5.07. The molecule has 0 radical (unpaired) electrons. The Labute approximate surface area is 105 Å². The van der Waals surface area contributed by atoms with Crippen LogP contribution in [0.2, 0.25) is 0 Å². The van der Waals surface area contributed by atoms with E-state index in [1.165, 1.54) is 0 Å². The van der Waals surface area contributed by atoms with Crippen LogP contribution in [0, 0.1) is 12.3 Å². The lowest BCUT2D eigenvalue weighted by Crippen LogP contribution is -2.33. The monoisotopic (exact) mass is 279 g/mol. The van der Waals surface area contributed by atoms with Gasteiger partial charge in [-0.2, -0.15) is 0 Å². The van der Waals surface area contributed by atoms with Gasteiger partial charge in [-0.15, -0.1) is 12.3 Å². The summed E-state index contributed by atoms with van der Waals surface area (Å²) < 4.78 is 1.01. The fourth-order valence-corrected chi connectivity index (χ4v) is 1.61. The van der Waals surface area contributed by atoms with Crippen LogP contribution < -0.4 is 5.32 Å². The molecule has 1 aromatic carbocycles. The van der Waals surface area contributed by atoms with Gasteiger partial charge in [0.25, 0.3) is 0 Å². The molecule has 0 aromatic heterocycles. The fraction of sp³-hybridized carbons (Fsp3) is 0.308. The van der Waals surface area contributed by atoms with Crippen LogP contribution in [0.1, 0.15) is 18.9 Å². The summed E-state index contributed by atoms with van der Waals surface area (Å²) in [4.78, 5) is 11.6. The number of amides is 1. The van der Waals surface area contributed by atoms with Gasteiger partial charge in [0, 0.05) is 16.9 Å². The quantitative estimate of drug-likeness (QED) is 0.844. The summed E-state index contributed by atoms with van der Waals surface area (Å²) in [6, 6.07) is 7.74. The number of rotatable bonds is 4. The molecule has 3 heteroatoms. The average Bonchev–Trinajstić information content (AvgIpc) is 2.21. The maximum absolute atomic E-state index is 11.6. The van der Waals surface area contributed by atoms with Gasteiger partial charge in [-0.05, 0) is 24.6 Å². The summed E-state index contributed by atoms with van der Waals surface area (Å²) in [5, 5.41) is 2.85. The third kappa shape index (κ3) is 4.50. The van der Waals surface area contributed by atoms with Crippen LogP contribution in [0.25, 0.3) is 0 Å². The molecular weight excluding hydrogens is 266 g/mol. The van der Waals surface area contributed by atoms with Gasteiger partial charge in [0.1, 0.15) is 0 Å². The van der Waals surface area contributed by atoms with Gasteiger partial charge in [-0.25, -0.2) is 0 Å². The van der Waals surface area contributed by atoms with Crippen LogP contribution in [0.4, 0.5) is 0 Å². The van der Waals surface area contributed by atoms with Crippen molar-refractivity contribution < 1.29 is 4.79 Å². The van der Waals surface area contributed by atoms with Crippen molar-refractivity contribution in [3.8, 4) is 12.3 Å². The normalized spacial score (nSPS) is 11.6. The van der Waals surface area contributed by atoms with Gasteiger partial charge < -0.3 is 5.32 Å². The molecule has 0 fully saturated rings. The summed E-state index contributed by atoms with van der Waals surface area (Å²) in [6.45, 7) is 1.90. The zero-order valence-electron chi connectivity index (χ0n) is 9.16. The molecule has 16 heavy (non-hydrogen) atoms. The number of carbonyl (C=O) groups excluding carboxylic acids is 1. The van der Waals surface area contributed by atoms with Crippen molar-refractivity contribution in [3.63, 3.8) is 0 Å². The Hall–Kier alpha value is -1.27. The second-order valence-corrected chi connectivity index (χ2v) is 4.60. The molecule has 0 aliphatic carbocycles. The van der Waals surface area contributed by atoms with Crippen LogP contribution in [0.15, 0.2) is 28.7 Å². The number of benzene rings is 1. The first-order valence-corrected chi connectivity index (χ1v) is 5.88. The van der Waals surface area contributed by atoms with Crippen molar-refractivity contribution in [2.75, 3.05) is 0 Å². The van der Waals surface area contributed by atoms with Crippen molar-refractivity contribution in [3.05, 3.63) is 34.3 Å². The molecular formula is C13H14BrNO. The van der Waals surface area contributed by atoms with E-state index in [9.17, 15) is 4.79 Å². The van der Waals surface area contributed by atoms with Gasteiger partial charge in [0.2, 0.25) is 5.91 Å². The molecule has 0 spiro atoms. The van der Waals surface area contributed by atoms with E-state index in [4.69, 9.17) is 6.42 Å². The van der Waals surface area contributed by atoms with E-state index >= 15 is 0 Å². The van der Waals surface area contributed by atoms with Gasteiger partial charge in [0.15, 0.2) is 0 Å². The molecule has 0 saturated heterocycles. The van der Waals surface area contributed by atoms with Crippen LogP contribution in [0.5, 0.6) is 0 Å². The number of nitrogens with one attached hydrogen (secondary N) is 1. The predicted molar refractivity (Wildman–Crippen MR) is 68.9 cm³/mol. The molecule has 0 saturated carbocycles. The summed E-state index contributed by atoms with van der Waals surface area (Å²) in [5.74, 6) is 2.53. The highest BCUT2D eigenvalue weighted by atomic mass is 79.9. The lowest BCUT2D eigenvalue weighted by molar-refractivity contribution is -0.121. The van der Waals surface area contributed by atoms with Crippen LogP contribution >= 0.6 is 15.9 Å². The van der Waals surface area contributed by atoms with E-state index < -0.39 is 0 Å². The standard InChI is InChI=1S/C13H14BrNO/c1-3-4-10(2)15-13(16)9-11-5-7-12(14)8-6-11/h1,5-8,10H,4,9H2,2H3,(H,15,16). The lowest BCUT2D eigenvalue weighted by atomic mass is 10.1. The number of halogens is 1. The van der Waals surface area contributed by atoms with E-state index in [1.54, 1.807) is 0 Å². The molecule has 0 heterocycles. The summed E-state index contributed by atoms with van der Waals surface area (Å²) in [5.41, 5.74) is 0.994. The van der Waals surface area contributed by atoms with Crippen molar-refractivity contribution in [2.24, 2.45) is 0 Å². The summed E-state index contributed by atoms with van der Waals surface area (Å²) in [6.07, 6.45) is 6.12. The van der Waals surface area contributed by atoms with Crippen LogP contribution in [-0.2, 0) is 11.2 Å². The molecule has 0 aliphatic rings. The molecule has 84 valence electrons. The van der Waals surface area contributed by atoms with Crippen LogP contribution in [0.3, 0.4) is 0 Å². The van der Waals surface area contributed by atoms with E-state index in [2.05, 4.69) is 27.2 Å². The van der Waals surface area contributed by atoms with E-state index in [0.717, 1.165) is 10.0 Å². The highest BCUT2D eigenvalue weighted by Crippen LogP contribution is 2.10. The number of terminal acetylenes is 1. The van der Waals surface area contributed by atoms with E-state index in [1.807, 2.05) is 31.2 Å². The molecule has 1 unspecified atom stereocenters. The molecule has 1 N–H and O–H groups in total. The molecule has 1 aromatic rings. The molecule has 0 bridgehead atoms. The Morgan fingerprint density at radius 3 is 2.69 bits per heavy atom. The predicted octanol–water partition coefficient (Wildman–Crippen LogP) is 2.52. The van der Waals surface area contributed by atoms with E-state index in [-0.39, 0.29) is 11.9 Å². The molecule has 2 nitrogen and oxygen atoms in total. The topological polar surface area (TPSA) is 29.1 Å². The van der Waals surface area contributed by atoms with E-state index in [0.29, 0.717) is 12.8 Å². The second-order valence-electron chi connectivity index (χ2n) is 3.68. The maximum Gasteiger partial charge on any atom is 0.224 e. The van der Waals surface area contributed by atoms with Crippen molar-refractivity contribution in [1.29, 1.82) is 0 Å². The average molecular weight is 280 g/mol. The van der Waals surface area contributed by atoms with Gasteiger partial charge >= 0.3 is 0 Å². The largest absolute Gasteiger partial charge is 0.352 e. The van der Waals surface area contributed by atoms with Crippen molar-refractivity contribution in [2.45, 2.75) is 25.8 Å². The van der Waals surface area contributed by atoms with Crippen molar-refractivity contribution >= 4 is 21.8 Å². The Morgan fingerprint density at radius 2 is 2.12 bits per heavy atom. The second kappa shape index (κ2) is 6.34. The number of hydrogen-bond acceptors (Lipinski definition) is 1. The highest BCUT2D eigenvalue weighted by Gasteiger charge is 2.06. The minimum Gasteiger partial charge on any atom is -0.352 e. The smallest absolute Gasteiger partial charge is 0.224 e. The third-order valence-electron chi connectivity index (χ3n) is 2.11. The zero-order valence-corrected chi connectivity index (χ0v) is 10.8. The number of hydrogen-bond donors (Lipinski definition) is 1. The molecule has 1 rings (SSSR count). The van der Waals surface area contributed by atoms with Gasteiger partial charge in [-0.1, -0.05) is 28.1 Å². The fourth-order valence-electron chi connectivity index (χ4n) is 1.34. The Bertz CT molecular complexity index is 391. The first-order valence-electron chi connectivity index (χ1n) is 5.09. The Balaban J connectivity index is 2.46. The van der Waals surface area contributed by atoms with Gasteiger partial charge in [-0.3, -0.25) is 4.79 Å². The highest BCUT2D eigenvalue weighted by molar-refractivity contribution is 9.10. The third-order valence-corrected chi connectivity index (χ3v) is 2.64. The van der Waals surface area contributed by atoms with Gasteiger partial charge in [0.05, 0.1) is 6.42 Å². The summed E-state index contributed by atoms with van der Waals surface area (Å²) in [7, 11) is 0. The lowest BCUT2D eigenvalue weighted by Gasteiger charge is -2.10. The minimum atomic E-state index is 0.00470. The molecule has 1 atom stereocenters.